The van der Waals surface area contributed by atoms with Gasteiger partial charge in [-0.25, -0.2) is 4.90 Å². The van der Waals surface area contributed by atoms with Crippen molar-refractivity contribution in [2.75, 3.05) is 11.4 Å². The van der Waals surface area contributed by atoms with E-state index in [1.807, 2.05) is 29.6 Å². The Labute approximate surface area is 591 Å². The molecule has 0 spiro atoms. The molecule has 0 N–H and O–H groups in total. The van der Waals surface area contributed by atoms with Crippen molar-refractivity contribution in [1.82, 2.24) is 4.90 Å². The van der Waals surface area contributed by atoms with Crippen molar-refractivity contribution in [2.45, 2.75) is 255 Å². The highest BCUT2D eigenvalue weighted by molar-refractivity contribution is 7.35. The summed E-state index contributed by atoms with van der Waals surface area (Å²) in [6.07, 6.45) is 20.3. The number of nitrogens with zero attached hydrogens (tertiary/aromatic N) is 2. The first-order valence-corrected chi connectivity index (χ1v) is 46.2. The van der Waals surface area contributed by atoms with Crippen molar-refractivity contribution in [3.05, 3.63) is 85.6 Å². The van der Waals surface area contributed by atoms with Crippen LogP contribution in [0.1, 0.15) is 266 Å². The van der Waals surface area contributed by atoms with E-state index < -0.39 is 39.7 Å². The fraction of sp³-hybridized carbons (Fsp3) is 0.564. The van der Waals surface area contributed by atoms with Crippen LogP contribution in [0, 0.1) is 44.4 Å². The molecule has 4 atom stereocenters. The van der Waals surface area contributed by atoms with Crippen LogP contribution in [0.3, 0.4) is 0 Å². The molecule has 0 fully saturated rings. The maximum atomic E-state index is 15.7. The van der Waals surface area contributed by atoms with Gasteiger partial charge in [0.15, 0.2) is 0 Å². The lowest BCUT2D eigenvalue weighted by Crippen LogP contribution is -2.56. The summed E-state index contributed by atoms with van der Waals surface area (Å²) >= 11 is 10.5. The molecule has 11 rings (SSSR count). The summed E-state index contributed by atoms with van der Waals surface area (Å²) in [5, 5.41) is 6.08. The number of carbonyl (C=O) groups is 4. The number of hydrogen-bond acceptors (Lipinski definition) is 10. The zero-order valence-corrected chi connectivity index (χ0v) is 65.5. The molecule has 4 unspecified atom stereocenters. The van der Waals surface area contributed by atoms with Gasteiger partial charge in [-0.2, -0.15) is 13.2 Å². The van der Waals surface area contributed by atoms with Crippen LogP contribution in [0.2, 0.25) is 24.2 Å². The Bertz CT molecular complexity index is 3910. The number of thiophene rings is 6. The Morgan fingerprint density at radius 3 is 1.20 bits per heavy atom. The lowest BCUT2D eigenvalue weighted by molar-refractivity contribution is -0.137. The molecule has 1 aromatic carbocycles. The largest absolute Gasteiger partial charge is 0.416 e. The highest BCUT2D eigenvalue weighted by Gasteiger charge is 2.54. The van der Waals surface area contributed by atoms with Crippen LogP contribution in [0.5, 0.6) is 0 Å². The number of anilines is 1. The summed E-state index contributed by atoms with van der Waals surface area (Å²) < 4.78 is 43.0. The second-order valence-corrected chi connectivity index (χ2v) is 43.4. The quantitative estimate of drug-likeness (QED) is 0.0225. The summed E-state index contributed by atoms with van der Waals surface area (Å²) in [5.41, 5.74) is 1.06. The predicted octanol–water partition coefficient (Wildman–Crippen LogP) is 23.7. The molecule has 6 aromatic heterocycles. The van der Waals surface area contributed by atoms with Gasteiger partial charge in [0.1, 0.15) is 16.1 Å². The number of carbonyl (C=O) groups excluding carboxylic acids is 4. The highest BCUT2D eigenvalue weighted by Crippen LogP contribution is 2.57. The average molecular weight is 1440 g/mol. The maximum absolute atomic E-state index is 15.7. The fourth-order valence-corrected chi connectivity index (χ4v) is 40.3. The number of imide groups is 2. The first-order valence-electron chi connectivity index (χ1n) is 36.5. The zero-order chi connectivity index (χ0) is 67.8. The number of rotatable bonds is 35. The van der Waals surface area contributed by atoms with Gasteiger partial charge in [0.05, 0.1) is 48.1 Å². The Kier molecular flexibility index (Phi) is 23.1. The summed E-state index contributed by atoms with van der Waals surface area (Å²) in [7, 11) is -5.12. The third-order valence-electron chi connectivity index (χ3n) is 22.0. The lowest BCUT2D eigenvalue weighted by Gasteiger charge is -2.35. The fourth-order valence-electron chi connectivity index (χ4n) is 16.8. The first kappa shape index (κ1) is 72.2. The van der Waals surface area contributed by atoms with E-state index >= 15 is 14.4 Å². The highest BCUT2D eigenvalue weighted by atomic mass is 32.1. The van der Waals surface area contributed by atoms with Crippen LogP contribution < -0.4 is 25.6 Å². The Morgan fingerprint density at radius 2 is 0.779 bits per heavy atom. The smallest absolute Gasteiger partial charge is 0.274 e. The van der Waals surface area contributed by atoms with Crippen molar-refractivity contribution in [2.24, 2.45) is 23.7 Å². The number of alkyl halides is 3. The van der Waals surface area contributed by atoms with Gasteiger partial charge in [-0.15, -0.1) is 68.0 Å². The molecule has 512 valence electrons. The minimum Gasteiger partial charge on any atom is -0.274 e. The Hall–Kier alpha value is -4.08. The SMILES string of the molecule is CCCCCCCCN1C(=O)c2c(-c3cc4c(s3)-c3sc(C)cc3[Si]4(CC(CC)CCCC)CC(CC)CCCC)sc(-c3cc4c(s3)-c3sc(-c5sc(C)c6c5C(=O)N(c5cc(C)cc(C(F)(F)F)c5)C6=O)cc3[Si]4(CC(CC)CCCC)CC(CC)CCCC)c2C1=O. The predicted molar refractivity (Wildman–Crippen MR) is 409 cm³/mol. The van der Waals surface area contributed by atoms with E-state index in [2.05, 4.69) is 93.5 Å². The van der Waals surface area contributed by atoms with Crippen LogP contribution >= 0.6 is 68.0 Å². The number of halogens is 3. The molecule has 0 saturated heterocycles. The maximum Gasteiger partial charge on any atom is 0.416 e. The normalized spacial score (nSPS) is 18.5. The van der Waals surface area contributed by atoms with Crippen LogP contribution in [0.25, 0.3) is 48.8 Å². The van der Waals surface area contributed by atoms with Gasteiger partial charge in [-0.1, -0.05) is 197 Å². The molecule has 4 aliphatic heterocycles. The van der Waals surface area contributed by atoms with Gasteiger partial charge in [-0.05, 0) is 144 Å². The number of benzene rings is 1. The summed E-state index contributed by atoms with van der Waals surface area (Å²) in [6.45, 7) is 27.1. The molecule has 7 aromatic rings. The van der Waals surface area contributed by atoms with Crippen LogP contribution in [-0.2, 0) is 6.18 Å². The first-order chi connectivity index (χ1) is 45.7. The van der Waals surface area contributed by atoms with Gasteiger partial charge in [0.25, 0.3) is 23.6 Å². The molecule has 10 heterocycles. The Morgan fingerprint density at radius 1 is 0.400 bits per heavy atom. The van der Waals surface area contributed by atoms with Gasteiger partial charge < -0.3 is 0 Å². The topological polar surface area (TPSA) is 74.8 Å². The minimum absolute atomic E-state index is 0.0743. The molecule has 4 aliphatic rings. The van der Waals surface area contributed by atoms with Crippen molar-refractivity contribution in [3.8, 4) is 48.8 Å². The van der Waals surface area contributed by atoms with Crippen LogP contribution in [0.15, 0.2) is 42.5 Å². The van der Waals surface area contributed by atoms with Crippen molar-refractivity contribution >= 4 is 134 Å². The van der Waals surface area contributed by atoms with Gasteiger partial charge in [-0.3, -0.25) is 24.1 Å². The third-order valence-corrected chi connectivity index (χ3v) is 41.2. The molecule has 17 heteroatoms. The van der Waals surface area contributed by atoms with E-state index in [1.165, 1.54) is 122 Å². The van der Waals surface area contributed by atoms with Crippen molar-refractivity contribution in [1.29, 1.82) is 0 Å². The summed E-state index contributed by atoms with van der Waals surface area (Å²) in [6, 6.07) is 18.2. The molecule has 6 nitrogen and oxygen atoms in total. The summed E-state index contributed by atoms with van der Waals surface area (Å²) in [4.78, 5) is 76.6. The van der Waals surface area contributed by atoms with Crippen LogP contribution in [-0.4, -0.2) is 51.2 Å². The number of aryl methyl sites for hydroxylation is 3. The number of amides is 4. The van der Waals surface area contributed by atoms with E-state index in [4.69, 9.17) is 0 Å². The molecule has 0 radical (unpaired) electrons. The molecule has 0 saturated carbocycles. The average Bonchev–Trinajstić information content (AvgIpc) is 1.54. The van der Waals surface area contributed by atoms with E-state index in [-0.39, 0.29) is 28.6 Å². The second kappa shape index (κ2) is 30.4. The molecule has 95 heavy (non-hydrogen) atoms. The molecule has 4 amide bonds. The van der Waals surface area contributed by atoms with Gasteiger partial charge in [0, 0.05) is 50.4 Å². The number of fused-ring (bicyclic) bond motifs is 8. The third kappa shape index (κ3) is 13.6. The molecule has 0 aliphatic carbocycles. The van der Waals surface area contributed by atoms with E-state index in [0.717, 1.165) is 137 Å². The van der Waals surface area contributed by atoms with E-state index in [0.29, 0.717) is 56.7 Å². The standard InChI is InChI=1S/C78H101F3N2O4S6Si2/c1-13-22-27-28-29-30-35-82-74(84)65-66(75(82)85)69(93-68(65)57-41-60-71(91-57)70-59(38-48(11)88-70)94(60,43-50(18-6)31-23-14-2)44-51(19-7)32-24-15-3)58-42-62-73(92-58)72-61(95(62,45-52(20-8)33-25-16-4)46-53(21-9)34-26-17-5)40-56(90-72)67-64-63(49(12)89-67)76(86)83(77(64)87)55-37-47(10)36-54(39-55)78(79,80)81/h36-42,50-53H,13-35,43-46H2,1-12H3. The van der Waals surface area contributed by atoms with Crippen molar-refractivity contribution < 1.29 is 32.3 Å². The van der Waals surface area contributed by atoms with Crippen LogP contribution in [0.4, 0.5) is 18.9 Å². The second-order valence-electron chi connectivity index (χ2n) is 28.6. The van der Waals surface area contributed by atoms with Crippen molar-refractivity contribution in [3.63, 3.8) is 0 Å². The monoisotopic (exact) mass is 1430 g/mol. The Balaban J connectivity index is 1.10. The van der Waals surface area contributed by atoms with Gasteiger partial charge >= 0.3 is 6.18 Å². The zero-order valence-electron chi connectivity index (χ0n) is 58.6. The summed E-state index contributed by atoms with van der Waals surface area (Å²) in [5.74, 6) is 0.746. The molecular formula is C78H101F3N2O4S6Si2. The minimum atomic E-state index is -4.66. The number of hydrogen-bond donors (Lipinski definition) is 0. The molecular weight excluding hydrogens is 1330 g/mol. The van der Waals surface area contributed by atoms with E-state index in [1.54, 1.807) is 56.2 Å². The molecule has 0 bridgehead atoms. The lowest BCUT2D eigenvalue weighted by atomic mass is 10.0. The number of unbranched alkanes of at least 4 members (excludes halogenated alkanes) is 9. The van der Waals surface area contributed by atoms with Gasteiger partial charge in [0.2, 0.25) is 0 Å². The van der Waals surface area contributed by atoms with E-state index in [9.17, 15) is 18.0 Å².